The van der Waals surface area contributed by atoms with Gasteiger partial charge >= 0.3 is 5.97 Å². The van der Waals surface area contributed by atoms with Gasteiger partial charge in [0, 0.05) is 15.7 Å². The largest absolute Gasteiger partial charge is 0.462 e. The van der Waals surface area contributed by atoms with Crippen LogP contribution in [-0.2, 0) is 4.74 Å². The average molecular weight is 426 g/mol. The fraction of sp³-hybridized carbons (Fsp3) is 0.182. The van der Waals surface area contributed by atoms with E-state index in [9.17, 15) is 9.59 Å². The number of hydrogen-bond donors (Lipinski definition) is 0. The highest BCUT2D eigenvalue weighted by Crippen LogP contribution is 2.33. The van der Waals surface area contributed by atoms with Crippen molar-refractivity contribution in [3.63, 3.8) is 0 Å². The average Bonchev–Trinajstić information content (AvgIpc) is 3.00. The molecule has 0 spiro atoms. The Balaban J connectivity index is 2.25. The number of ketones is 1. The Morgan fingerprint density at radius 3 is 2.37 bits per heavy atom. The Kier molecular flexibility index (Phi) is 5.61. The predicted octanol–water partition coefficient (Wildman–Crippen LogP) is 5.59. The van der Waals surface area contributed by atoms with Crippen LogP contribution in [0, 0.1) is 6.92 Å². The predicted molar refractivity (Wildman–Crippen MR) is 110 cm³/mol. The van der Waals surface area contributed by atoms with Gasteiger partial charge in [-0.05, 0) is 66.5 Å². The van der Waals surface area contributed by atoms with Crippen LogP contribution in [-0.4, -0.2) is 22.9 Å². The van der Waals surface area contributed by atoms with E-state index in [-0.39, 0.29) is 11.8 Å². The maximum Gasteiger partial charge on any atom is 0.339 e. The normalized spacial score (nSPS) is 10.7. The first-order chi connectivity index (χ1) is 12.9. The third kappa shape index (κ3) is 3.74. The Morgan fingerprint density at radius 2 is 1.78 bits per heavy atom. The van der Waals surface area contributed by atoms with Crippen molar-refractivity contribution in [2.24, 2.45) is 0 Å². The molecule has 27 heavy (non-hydrogen) atoms. The second-order valence-electron chi connectivity index (χ2n) is 6.17. The van der Waals surface area contributed by atoms with Gasteiger partial charge in [0.25, 0.3) is 0 Å². The molecular weight excluding hydrogens is 406 g/mol. The van der Waals surface area contributed by atoms with E-state index in [4.69, 9.17) is 4.74 Å². The van der Waals surface area contributed by atoms with Crippen LogP contribution in [0.15, 0.2) is 59.1 Å². The molecule has 1 aromatic heterocycles. The summed E-state index contributed by atoms with van der Waals surface area (Å²) < 4.78 is 8.01. The number of carbonyl (C=O) groups is 2. The topological polar surface area (TPSA) is 48.3 Å². The van der Waals surface area contributed by atoms with Crippen LogP contribution in [0.3, 0.4) is 0 Å². The van der Waals surface area contributed by atoms with Gasteiger partial charge in [-0.1, -0.05) is 30.3 Å². The van der Waals surface area contributed by atoms with Crippen LogP contribution in [0.25, 0.3) is 16.9 Å². The molecule has 0 saturated carbocycles. The van der Waals surface area contributed by atoms with Crippen LogP contribution in [0.1, 0.15) is 40.3 Å². The van der Waals surface area contributed by atoms with Crippen molar-refractivity contribution in [2.45, 2.75) is 20.8 Å². The second kappa shape index (κ2) is 7.92. The maximum absolute atomic E-state index is 12.4. The Bertz CT molecular complexity index is 1010. The van der Waals surface area contributed by atoms with Crippen LogP contribution in [0.4, 0.5) is 0 Å². The zero-order valence-electron chi connectivity index (χ0n) is 15.5. The summed E-state index contributed by atoms with van der Waals surface area (Å²) in [7, 11) is 0. The molecule has 4 nitrogen and oxygen atoms in total. The van der Waals surface area contributed by atoms with Gasteiger partial charge in [-0.2, -0.15) is 0 Å². The van der Waals surface area contributed by atoms with Gasteiger partial charge in [0.2, 0.25) is 0 Å². The number of aromatic nitrogens is 1. The first-order valence-corrected chi connectivity index (χ1v) is 9.49. The number of hydrogen-bond acceptors (Lipinski definition) is 3. The molecule has 0 atom stereocenters. The van der Waals surface area contributed by atoms with Crippen LogP contribution in [0.2, 0.25) is 0 Å². The number of rotatable bonds is 5. The molecule has 0 fully saturated rings. The summed E-state index contributed by atoms with van der Waals surface area (Å²) >= 11 is 3.58. The second-order valence-corrected chi connectivity index (χ2v) is 7.03. The molecule has 0 bridgehead atoms. The summed E-state index contributed by atoms with van der Waals surface area (Å²) in [4.78, 5) is 24.1. The molecule has 0 aliphatic heterocycles. The summed E-state index contributed by atoms with van der Waals surface area (Å²) in [5, 5.41) is 0. The number of Topliss-reactive ketones (excluding diaryl/α,β-unsaturated/α-hetero) is 1. The van der Waals surface area contributed by atoms with Crippen molar-refractivity contribution < 1.29 is 14.3 Å². The molecule has 0 radical (unpaired) electrons. The molecule has 3 aromatic rings. The zero-order valence-corrected chi connectivity index (χ0v) is 17.0. The summed E-state index contributed by atoms with van der Waals surface area (Å²) in [5.41, 5.74) is 4.65. The van der Waals surface area contributed by atoms with Crippen molar-refractivity contribution in [3.8, 4) is 16.9 Å². The van der Waals surface area contributed by atoms with Crippen LogP contribution < -0.4 is 0 Å². The van der Waals surface area contributed by atoms with Gasteiger partial charge in [0.15, 0.2) is 5.78 Å². The molecule has 1 heterocycles. The van der Waals surface area contributed by atoms with Crippen molar-refractivity contribution >= 4 is 27.7 Å². The minimum Gasteiger partial charge on any atom is -0.462 e. The number of esters is 1. The van der Waals surface area contributed by atoms with E-state index in [1.54, 1.807) is 19.1 Å². The molecule has 138 valence electrons. The number of halogens is 1. The fourth-order valence-corrected chi connectivity index (χ4v) is 3.62. The van der Waals surface area contributed by atoms with Gasteiger partial charge in [0.05, 0.1) is 23.6 Å². The lowest BCUT2D eigenvalue weighted by molar-refractivity contribution is 0.0525. The van der Waals surface area contributed by atoms with Crippen molar-refractivity contribution in [2.75, 3.05) is 6.61 Å². The van der Waals surface area contributed by atoms with E-state index in [1.807, 2.05) is 54.0 Å². The lowest BCUT2D eigenvalue weighted by Crippen LogP contribution is -2.07. The van der Waals surface area contributed by atoms with Crippen molar-refractivity contribution in [3.05, 3.63) is 75.9 Å². The molecule has 0 N–H and O–H groups in total. The first-order valence-electron chi connectivity index (χ1n) is 8.69. The summed E-state index contributed by atoms with van der Waals surface area (Å²) in [6.45, 7) is 5.54. The lowest BCUT2D eigenvalue weighted by Gasteiger charge is -2.15. The summed E-state index contributed by atoms with van der Waals surface area (Å²) in [6.07, 6.45) is 0. The van der Waals surface area contributed by atoms with Gasteiger partial charge in [0.1, 0.15) is 0 Å². The monoisotopic (exact) mass is 425 g/mol. The van der Waals surface area contributed by atoms with E-state index in [0.717, 1.165) is 27.1 Å². The third-order valence-electron chi connectivity index (χ3n) is 4.41. The molecular formula is C22H20BrNO3. The standard InChI is InChI=1S/C22H20BrNO3/c1-4-27-22(26)18-13-21(16-8-6-5-7-9-16)24(14(18)2)20-11-10-17(15(3)25)12-19(20)23/h5-13H,4H2,1-3H3. The molecule has 2 aromatic carbocycles. The summed E-state index contributed by atoms with van der Waals surface area (Å²) in [6, 6.07) is 17.2. The highest BCUT2D eigenvalue weighted by molar-refractivity contribution is 9.10. The van der Waals surface area contributed by atoms with E-state index < -0.39 is 0 Å². The quantitative estimate of drug-likeness (QED) is 0.395. The van der Waals surface area contributed by atoms with Gasteiger partial charge in [-0.25, -0.2) is 4.79 Å². The Labute approximate surface area is 166 Å². The highest BCUT2D eigenvalue weighted by Gasteiger charge is 2.21. The van der Waals surface area contributed by atoms with Crippen molar-refractivity contribution in [1.82, 2.24) is 4.57 Å². The zero-order chi connectivity index (χ0) is 19.6. The van der Waals surface area contributed by atoms with Crippen LogP contribution in [0.5, 0.6) is 0 Å². The highest BCUT2D eigenvalue weighted by atomic mass is 79.9. The Morgan fingerprint density at radius 1 is 1.07 bits per heavy atom. The third-order valence-corrected chi connectivity index (χ3v) is 5.04. The van der Waals surface area contributed by atoms with E-state index in [2.05, 4.69) is 15.9 Å². The van der Waals surface area contributed by atoms with Crippen molar-refractivity contribution in [1.29, 1.82) is 0 Å². The van der Waals surface area contributed by atoms with Crippen LogP contribution >= 0.6 is 15.9 Å². The van der Waals surface area contributed by atoms with E-state index in [0.29, 0.717) is 17.7 Å². The number of ether oxygens (including phenoxy) is 1. The molecule has 5 heteroatoms. The smallest absolute Gasteiger partial charge is 0.339 e. The SMILES string of the molecule is CCOC(=O)c1cc(-c2ccccc2)n(-c2ccc(C(C)=O)cc2Br)c1C. The number of carbonyl (C=O) groups excluding carboxylic acids is 2. The Hall–Kier alpha value is -2.66. The molecule has 3 rings (SSSR count). The number of benzene rings is 2. The maximum atomic E-state index is 12.4. The fourth-order valence-electron chi connectivity index (χ4n) is 3.06. The lowest BCUT2D eigenvalue weighted by atomic mass is 10.1. The van der Waals surface area contributed by atoms with Gasteiger partial charge in [-0.3, -0.25) is 4.79 Å². The van der Waals surface area contributed by atoms with Gasteiger partial charge < -0.3 is 9.30 Å². The van der Waals surface area contributed by atoms with Gasteiger partial charge in [-0.15, -0.1) is 0 Å². The minimum absolute atomic E-state index is 0.00183. The molecule has 0 unspecified atom stereocenters. The van der Waals surface area contributed by atoms with E-state index >= 15 is 0 Å². The molecule has 0 amide bonds. The number of nitrogens with zero attached hydrogens (tertiary/aromatic N) is 1. The molecule has 0 aliphatic rings. The first kappa shape index (κ1) is 19.1. The van der Waals surface area contributed by atoms with E-state index in [1.165, 1.54) is 6.92 Å². The summed E-state index contributed by atoms with van der Waals surface area (Å²) in [5.74, 6) is -0.343. The molecule has 0 saturated heterocycles. The minimum atomic E-state index is -0.345. The molecule has 0 aliphatic carbocycles.